The molecule has 1 atom stereocenters. The third-order valence-corrected chi connectivity index (χ3v) is 6.81. The number of carboxylic acid groups (broad SMARTS) is 1. The highest BCUT2D eigenvalue weighted by molar-refractivity contribution is 7.89. The number of hydrogen-bond acceptors (Lipinski definition) is 5. The summed E-state index contributed by atoms with van der Waals surface area (Å²) in [6.45, 7) is 0. The molecule has 0 radical (unpaired) electrons. The van der Waals surface area contributed by atoms with E-state index in [0.717, 1.165) is 23.6 Å². The maximum Gasteiger partial charge on any atom is 0.331 e. The minimum Gasteiger partial charge on any atom is -0.478 e. The van der Waals surface area contributed by atoms with Gasteiger partial charge in [0.1, 0.15) is 0 Å². The van der Waals surface area contributed by atoms with Crippen LogP contribution in [-0.2, 0) is 19.6 Å². The molecular formula is C15H19N3O5S. The van der Waals surface area contributed by atoms with Gasteiger partial charge in [0.05, 0.1) is 16.7 Å². The van der Waals surface area contributed by atoms with Crippen LogP contribution in [0.1, 0.15) is 38.5 Å². The van der Waals surface area contributed by atoms with Gasteiger partial charge >= 0.3 is 5.97 Å². The Morgan fingerprint density at radius 3 is 2.67 bits per heavy atom. The number of carboxylic acids is 1. The summed E-state index contributed by atoms with van der Waals surface area (Å²) in [6, 6.07) is 0. The molecule has 24 heavy (non-hydrogen) atoms. The highest BCUT2D eigenvalue weighted by Crippen LogP contribution is 2.34. The summed E-state index contributed by atoms with van der Waals surface area (Å²) in [6.07, 6.45) is 6.31. The molecule has 1 unspecified atom stereocenters. The lowest BCUT2D eigenvalue weighted by Crippen LogP contribution is -2.48. The van der Waals surface area contributed by atoms with Crippen molar-refractivity contribution in [2.75, 3.05) is 0 Å². The van der Waals surface area contributed by atoms with E-state index in [9.17, 15) is 18.0 Å². The average Bonchev–Trinajstić information content (AvgIpc) is 2.93. The van der Waals surface area contributed by atoms with Crippen molar-refractivity contribution in [3.05, 3.63) is 23.4 Å². The highest BCUT2D eigenvalue weighted by Gasteiger charge is 2.43. The van der Waals surface area contributed by atoms with Gasteiger partial charge in [-0.2, -0.15) is 0 Å². The van der Waals surface area contributed by atoms with Crippen LogP contribution in [0.15, 0.2) is 28.4 Å². The molecule has 0 saturated heterocycles. The first-order valence-electron chi connectivity index (χ1n) is 7.90. The number of hydrogen-bond donors (Lipinski definition) is 2. The van der Waals surface area contributed by atoms with E-state index in [2.05, 4.69) is 10.3 Å². The lowest BCUT2D eigenvalue weighted by Gasteiger charge is -2.32. The van der Waals surface area contributed by atoms with Gasteiger partial charge in [-0.25, -0.2) is 22.5 Å². The van der Waals surface area contributed by atoms with Crippen molar-refractivity contribution >= 4 is 28.1 Å². The van der Waals surface area contributed by atoms with Crippen molar-refractivity contribution in [1.29, 1.82) is 0 Å². The normalized spacial score (nSPS) is 24.6. The van der Waals surface area contributed by atoms with Gasteiger partial charge in [-0.3, -0.25) is 4.79 Å². The minimum atomic E-state index is -3.69. The van der Waals surface area contributed by atoms with E-state index in [1.807, 2.05) is 0 Å². The molecular weight excluding hydrogens is 334 g/mol. The van der Waals surface area contributed by atoms with Crippen LogP contribution in [0.25, 0.3) is 0 Å². The number of amides is 1. The Balaban J connectivity index is 1.95. The zero-order valence-corrected chi connectivity index (χ0v) is 13.8. The molecule has 130 valence electrons. The minimum absolute atomic E-state index is 0.119. The van der Waals surface area contributed by atoms with E-state index in [-0.39, 0.29) is 17.7 Å². The van der Waals surface area contributed by atoms with E-state index in [4.69, 9.17) is 5.11 Å². The summed E-state index contributed by atoms with van der Waals surface area (Å²) < 4.78 is 27.3. The van der Waals surface area contributed by atoms with Crippen molar-refractivity contribution in [1.82, 2.24) is 9.62 Å². The second-order valence-corrected chi connectivity index (χ2v) is 8.13. The summed E-state index contributed by atoms with van der Waals surface area (Å²) >= 11 is 0. The molecule has 2 N–H and O–H groups in total. The van der Waals surface area contributed by atoms with Crippen LogP contribution in [0, 0.1) is 0 Å². The van der Waals surface area contributed by atoms with Gasteiger partial charge < -0.3 is 10.4 Å². The van der Waals surface area contributed by atoms with Crippen LogP contribution in [0.4, 0.5) is 0 Å². The molecule has 1 aliphatic heterocycles. The number of carbonyl (C=O) groups excluding carboxylic acids is 1. The molecule has 3 rings (SSSR count). The van der Waals surface area contributed by atoms with Crippen molar-refractivity contribution in [2.45, 2.75) is 50.1 Å². The molecule has 9 heteroatoms. The number of allylic oxidation sites excluding steroid dienone is 2. The lowest BCUT2D eigenvalue weighted by atomic mass is 10.0. The van der Waals surface area contributed by atoms with Crippen molar-refractivity contribution < 1.29 is 23.1 Å². The standard InChI is InChI=1S/C15H19N3O5S/c19-9-16-15-17-12-8-10(14(20)21)6-7-13(12)18(15)24(22,23)11-4-2-1-3-5-11/h7-9,11,15H,1-6H2,(H,16,19)(H,20,21). The van der Waals surface area contributed by atoms with Crippen molar-refractivity contribution in [2.24, 2.45) is 4.99 Å². The van der Waals surface area contributed by atoms with Gasteiger partial charge in [-0.05, 0) is 25.3 Å². The van der Waals surface area contributed by atoms with E-state index in [0.29, 0.717) is 24.9 Å². The molecule has 0 spiro atoms. The molecule has 0 aromatic rings. The lowest BCUT2D eigenvalue weighted by molar-refractivity contribution is -0.132. The highest BCUT2D eigenvalue weighted by atomic mass is 32.2. The van der Waals surface area contributed by atoms with Crippen LogP contribution in [0.5, 0.6) is 0 Å². The van der Waals surface area contributed by atoms with Crippen LogP contribution in [-0.4, -0.2) is 47.5 Å². The Bertz CT molecular complexity index is 747. The number of fused-ring (bicyclic) bond motifs is 1. The average molecular weight is 353 g/mol. The number of aliphatic carboxylic acids is 1. The van der Waals surface area contributed by atoms with Crippen LogP contribution >= 0.6 is 0 Å². The molecule has 1 heterocycles. The molecule has 0 bridgehead atoms. The van der Waals surface area contributed by atoms with E-state index in [1.54, 1.807) is 6.08 Å². The van der Waals surface area contributed by atoms with E-state index >= 15 is 0 Å². The van der Waals surface area contributed by atoms with Gasteiger partial charge in [0.2, 0.25) is 22.7 Å². The number of nitrogens with one attached hydrogen (secondary N) is 1. The fraction of sp³-hybridized carbons (Fsp3) is 0.533. The van der Waals surface area contributed by atoms with E-state index in [1.165, 1.54) is 6.08 Å². The molecule has 8 nitrogen and oxygen atoms in total. The van der Waals surface area contributed by atoms with Gasteiger partial charge in [-0.1, -0.05) is 25.3 Å². The zero-order valence-electron chi connectivity index (χ0n) is 13.0. The number of nitrogens with zero attached hydrogens (tertiary/aromatic N) is 2. The molecule has 1 saturated carbocycles. The van der Waals surface area contributed by atoms with Gasteiger partial charge in [0.25, 0.3) is 0 Å². The fourth-order valence-electron chi connectivity index (χ4n) is 3.35. The predicted octanol–water partition coefficient (Wildman–Crippen LogP) is 0.734. The third-order valence-electron chi connectivity index (χ3n) is 4.55. The number of rotatable bonds is 5. The van der Waals surface area contributed by atoms with Gasteiger partial charge in [-0.15, -0.1) is 0 Å². The zero-order chi connectivity index (χ0) is 17.3. The Labute approximate surface area is 140 Å². The third kappa shape index (κ3) is 2.83. The Hall–Kier alpha value is -2.16. The maximum atomic E-state index is 13.1. The smallest absolute Gasteiger partial charge is 0.331 e. The first-order chi connectivity index (χ1) is 11.4. The Morgan fingerprint density at radius 1 is 1.33 bits per heavy atom. The molecule has 1 fully saturated rings. The van der Waals surface area contributed by atoms with Gasteiger partial charge in [0, 0.05) is 5.57 Å². The SMILES string of the molecule is O=CNC1N=C2C=C(C(=O)O)CC=C2N1S(=O)(=O)C1CCCCC1. The quantitative estimate of drug-likeness (QED) is 0.707. The molecule has 3 aliphatic rings. The van der Waals surface area contributed by atoms with Crippen LogP contribution in [0.3, 0.4) is 0 Å². The monoisotopic (exact) mass is 353 g/mol. The largest absolute Gasteiger partial charge is 0.478 e. The summed E-state index contributed by atoms with van der Waals surface area (Å²) in [5.41, 5.74) is 0.765. The van der Waals surface area contributed by atoms with Crippen LogP contribution < -0.4 is 5.32 Å². The van der Waals surface area contributed by atoms with E-state index < -0.39 is 27.5 Å². The summed E-state index contributed by atoms with van der Waals surface area (Å²) in [5, 5.41) is 11.0. The molecule has 0 aromatic carbocycles. The molecule has 0 aromatic heterocycles. The summed E-state index contributed by atoms with van der Waals surface area (Å²) in [7, 11) is -3.69. The summed E-state index contributed by atoms with van der Waals surface area (Å²) in [4.78, 5) is 26.2. The second-order valence-electron chi connectivity index (χ2n) is 6.04. The van der Waals surface area contributed by atoms with Crippen molar-refractivity contribution in [3.8, 4) is 0 Å². The molecule has 2 aliphatic carbocycles. The number of aliphatic imine (C=N–C) groups is 1. The second kappa shape index (κ2) is 6.39. The fourth-order valence-corrected chi connectivity index (χ4v) is 5.42. The van der Waals surface area contributed by atoms with Crippen LogP contribution in [0.2, 0.25) is 0 Å². The predicted molar refractivity (Wildman–Crippen MR) is 86.5 cm³/mol. The first kappa shape index (κ1) is 16.7. The topological polar surface area (TPSA) is 116 Å². The maximum absolute atomic E-state index is 13.1. The first-order valence-corrected chi connectivity index (χ1v) is 9.40. The number of sulfonamides is 1. The van der Waals surface area contributed by atoms with Crippen molar-refractivity contribution in [3.63, 3.8) is 0 Å². The number of carbonyl (C=O) groups is 2. The summed E-state index contributed by atoms with van der Waals surface area (Å²) in [5.74, 6) is -1.07. The van der Waals surface area contributed by atoms with Gasteiger partial charge in [0.15, 0.2) is 0 Å². The Kier molecular flexibility index (Phi) is 4.44. The Morgan fingerprint density at radius 2 is 2.04 bits per heavy atom. The molecule has 1 amide bonds.